The third kappa shape index (κ3) is 3.54. The minimum Gasteiger partial charge on any atom is -0.379 e. The Morgan fingerprint density at radius 2 is 2.12 bits per heavy atom. The molecule has 1 heterocycles. The average molecular weight is 242 g/mol. The van der Waals surface area contributed by atoms with Gasteiger partial charge in [-0.3, -0.25) is 0 Å². The molecule has 0 spiro atoms. The summed E-state index contributed by atoms with van der Waals surface area (Å²) in [6.07, 6.45) is 0.828. The molecule has 1 aromatic heterocycles. The monoisotopic (exact) mass is 242 g/mol. The summed E-state index contributed by atoms with van der Waals surface area (Å²) in [6, 6.07) is -0.00787. The maximum Gasteiger partial charge on any atom is 0.0897 e. The molecule has 0 fully saturated rings. The summed E-state index contributed by atoms with van der Waals surface area (Å²) in [5, 5.41) is 3.16. The number of nitrogens with zero attached hydrogens (tertiary/aromatic N) is 1. The van der Waals surface area contributed by atoms with Gasteiger partial charge in [0, 0.05) is 25.0 Å². The van der Waals surface area contributed by atoms with Crippen LogP contribution in [0.2, 0.25) is 0 Å². The Labute approximate surface area is 102 Å². The molecule has 0 bridgehead atoms. The Kier molecular flexibility index (Phi) is 4.47. The van der Waals surface area contributed by atoms with Crippen molar-refractivity contribution in [2.45, 2.75) is 46.3 Å². The van der Waals surface area contributed by atoms with Crippen LogP contribution in [0.1, 0.15) is 31.5 Å². The minimum absolute atomic E-state index is 0.00787. The highest BCUT2D eigenvalue weighted by Crippen LogP contribution is 2.25. The normalized spacial score (nSPS) is 16.1. The topological polar surface area (TPSA) is 48.1 Å². The molecule has 2 unspecified atom stereocenters. The van der Waals surface area contributed by atoms with Gasteiger partial charge in [0.05, 0.1) is 16.8 Å². The molecule has 0 saturated carbocycles. The first-order valence-electron chi connectivity index (χ1n) is 5.54. The molecule has 2 N–H and O–H groups in total. The van der Waals surface area contributed by atoms with Gasteiger partial charge in [0.15, 0.2) is 0 Å². The summed E-state index contributed by atoms with van der Waals surface area (Å²) in [5.41, 5.74) is 7.32. The van der Waals surface area contributed by atoms with Crippen LogP contribution < -0.4 is 5.73 Å². The summed E-state index contributed by atoms with van der Waals surface area (Å²) >= 11 is 1.67. The van der Waals surface area contributed by atoms with E-state index in [1.165, 1.54) is 0 Å². The van der Waals surface area contributed by atoms with Crippen molar-refractivity contribution in [1.29, 1.82) is 0 Å². The summed E-state index contributed by atoms with van der Waals surface area (Å²) in [7, 11) is 1.72. The highest BCUT2D eigenvalue weighted by Gasteiger charge is 2.30. The number of thiazole rings is 1. The Hall–Kier alpha value is -0.450. The van der Waals surface area contributed by atoms with Gasteiger partial charge in [0.2, 0.25) is 0 Å². The maximum absolute atomic E-state index is 6.20. The molecule has 16 heavy (non-hydrogen) atoms. The summed E-state index contributed by atoms with van der Waals surface area (Å²) in [4.78, 5) is 4.43. The van der Waals surface area contributed by atoms with Gasteiger partial charge in [-0.15, -0.1) is 11.3 Å². The molecular weight excluding hydrogens is 220 g/mol. The third-order valence-electron chi connectivity index (χ3n) is 2.61. The van der Waals surface area contributed by atoms with E-state index in [1.54, 1.807) is 18.4 Å². The van der Waals surface area contributed by atoms with Gasteiger partial charge in [-0.25, -0.2) is 4.98 Å². The van der Waals surface area contributed by atoms with Crippen LogP contribution >= 0.6 is 11.3 Å². The number of ether oxygens (including phenoxy) is 1. The molecule has 1 rings (SSSR count). The zero-order valence-electron chi connectivity index (χ0n) is 10.8. The number of nitrogens with two attached hydrogens (primary N) is 1. The SMILES string of the molecule is COC(C(N)Cc1csc(C)n1)C(C)(C)C. The fourth-order valence-electron chi connectivity index (χ4n) is 2.02. The molecule has 0 aliphatic rings. The van der Waals surface area contributed by atoms with Gasteiger partial charge in [-0.05, 0) is 12.3 Å². The molecule has 3 nitrogen and oxygen atoms in total. The molecule has 92 valence electrons. The van der Waals surface area contributed by atoms with Gasteiger partial charge >= 0.3 is 0 Å². The highest BCUT2D eigenvalue weighted by atomic mass is 32.1. The van der Waals surface area contributed by atoms with Gasteiger partial charge in [-0.1, -0.05) is 20.8 Å². The largest absolute Gasteiger partial charge is 0.379 e. The van der Waals surface area contributed by atoms with Crippen molar-refractivity contribution in [3.8, 4) is 0 Å². The van der Waals surface area contributed by atoms with Crippen LogP contribution in [0.25, 0.3) is 0 Å². The van der Waals surface area contributed by atoms with E-state index in [0.29, 0.717) is 0 Å². The highest BCUT2D eigenvalue weighted by molar-refractivity contribution is 7.09. The van der Waals surface area contributed by atoms with E-state index < -0.39 is 0 Å². The van der Waals surface area contributed by atoms with Crippen LogP contribution in [0, 0.1) is 12.3 Å². The van der Waals surface area contributed by atoms with Crippen molar-refractivity contribution in [2.24, 2.45) is 11.1 Å². The average Bonchev–Trinajstić information content (AvgIpc) is 2.49. The zero-order valence-corrected chi connectivity index (χ0v) is 11.6. The molecule has 0 aromatic carbocycles. The third-order valence-corrected chi connectivity index (χ3v) is 3.43. The number of methoxy groups -OCH3 is 1. The number of rotatable bonds is 4. The lowest BCUT2D eigenvalue weighted by Crippen LogP contribution is -2.46. The molecule has 0 aliphatic heterocycles. The summed E-state index contributed by atoms with van der Waals surface area (Å²) in [5.74, 6) is 0. The smallest absolute Gasteiger partial charge is 0.0897 e. The van der Waals surface area contributed by atoms with Crippen molar-refractivity contribution in [3.63, 3.8) is 0 Å². The quantitative estimate of drug-likeness (QED) is 0.882. The number of hydrogen-bond donors (Lipinski definition) is 1. The van der Waals surface area contributed by atoms with Crippen LogP contribution in [0.4, 0.5) is 0 Å². The molecule has 0 aliphatic carbocycles. The number of hydrogen-bond acceptors (Lipinski definition) is 4. The second-order valence-electron chi connectivity index (χ2n) is 5.25. The first-order chi connectivity index (χ1) is 7.34. The second kappa shape index (κ2) is 5.25. The molecule has 2 atom stereocenters. The first-order valence-corrected chi connectivity index (χ1v) is 6.42. The van der Waals surface area contributed by atoms with Crippen LogP contribution in [-0.2, 0) is 11.2 Å². The van der Waals surface area contributed by atoms with Crippen LogP contribution in [0.5, 0.6) is 0 Å². The van der Waals surface area contributed by atoms with E-state index >= 15 is 0 Å². The fourth-order valence-corrected chi connectivity index (χ4v) is 2.65. The first kappa shape index (κ1) is 13.6. The predicted molar refractivity (Wildman–Crippen MR) is 68.8 cm³/mol. The van der Waals surface area contributed by atoms with Crippen molar-refractivity contribution in [1.82, 2.24) is 4.98 Å². The van der Waals surface area contributed by atoms with E-state index in [2.05, 4.69) is 31.1 Å². The summed E-state index contributed by atoms with van der Waals surface area (Å²) < 4.78 is 5.51. The Morgan fingerprint density at radius 1 is 1.50 bits per heavy atom. The van der Waals surface area contributed by atoms with Gasteiger partial charge in [0.25, 0.3) is 0 Å². The lowest BCUT2D eigenvalue weighted by atomic mass is 9.83. The van der Waals surface area contributed by atoms with Gasteiger partial charge in [0.1, 0.15) is 0 Å². The van der Waals surface area contributed by atoms with Crippen molar-refractivity contribution < 1.29 is 4.74 Å². The Bertz CT molecular complexity index is 330. The Balaban J connectivity index is 2.66. The van der Waals surface area contributed by atoms with Crippen LogP contribution in [0.3, 0.4) is 0 Å². The maximum atomic E-state index is 6.20. The van der Waals surface area contributed by atoms with E-state index in [9.17, 15) is 0 Å². The molecule has 0 saturated heterocycles. The van der Waals surface area contributed by atoms with E-state index in [0.717, 1.165) is 17.1 Å². The zero-order chi connectivity index (χ0) is 12.3. The minimum atomic E-state index is -0.00787. The fraction of sp³-hybridized carbons (Fsp3) is 0.750. The molecule has 0 amide bonds. The Morgan fingerprint density at radius 3 is 2.50 bits per heavy atom. The molecule has 1 aromatic rings. The molecule has 4 heteroatoms. The summed E-state index contributed by atoms with van der Waals surface area (Å²) in [6.45, 7) is 8.45. The molecule has 0 radical (unpaired) electrons. The van der Waals surface area contributed by atoms with Crippen LogP contribution in [0.15, 0.2) is 5.38 Å². The molecular formula is C12H22N2OS. The lowest BCUT2D eigenvalue weighted by Gasteiger charge is -2.33. The van der Waals surface area contributed by atoms with Crippen molar-refractivity contribution >= 4 is 11.3 Å². The van der Waals surface area contributed by atoms with E-state index in [4.69, 9.17) is 10.5 Å². The van der Waals surface area contributed by atoms with E-state index in [-0.39, 0.29) is 17.6 Å². The van der Waals surface area contributed by atoms with E-state index in [1.807, 2.05) is 6.92 Å². The van der Waals surface area contributed by atoms with Crippen LogP contribution in [-0.4, -0.2) is 24.2 Å². The number of aromatic nitrogens is 1. The van der Waals surface area contributed by atoms with Gasteiger partial charge in [-0.2, -0.15) is 0 Å². The van der Waals surface area contributed by atoms with Crippen molar-refractivity contribution in [2.75, 3.05) is 7.11 Å². The number of aryl methyl sites for hydroxylation is 1. The van der Waals surface area contributed by atoms with Crippen molar-refractivity contribution in [3.05, 3.63) is 16.1 Å². The second-order valence-corrected chi connectivity index (χ2v) is 6.31. The van der Waals surface area contributed by atoms with Gasteiger partial charge < -0.3 is 10.5 Å². The lowest BCUT2D eigenvalue weighted by molar-refractivity contribution is -0.00182. The predicted octanol–water partition coefficient (Wildman–Crippen LogP) is 2.38. The standard InChI is InChI=1S/C12H22N2OS/c1-8-14-9(7-16-8)6-10(13)11(15-5)12(2,3)4/h7,10-11H,6,13H2,1-5H3.